The Kier molecular flexibility index (Phi) is 2.70. The van der Waals surface area contributed by atoms with Gasteiger partial charge in [-0.05, 0) is 34.7 Å². The van der Waals surface area contributed by atoms with Gasteiger partial charge < -0.3 is 15.9 Å². The van der Waals surface area contributed by atoms with Gasteiger partial charge in [0.25, 0.3) is 0 Å². The monoisotopic (exact) mass is 252 g/mol. The second-order valence-electron chi connectivity index (χ2n) is 1.98. The van der Waals surface area contributed by atoms with Crippen molar-refractivity contribution in [1.82, 2.24) is 0 Å². The summed E-state index contributed by atoms with van der Waals surface area (Å²) in [6.45, 7) is 0.420. The predicted octanol–water partition coefficient (Wildman–Crippen LogP) is 0.843. The molecule has 1 aromatic heterocycles. The molecule has 0 aliphatic heterocycles. The molecule has 0 radical (unpaired) electrons. The zero-order valence-electron chi connectivity index (χ0n) is 5.38. The van der Waals surface area contributed by atoms with Crippen molar-refractivity contribution in [3.8, 4) is 0 Å². The Hall–Kier alpha value is -0.0700. The molecule has 56 valence electrons. The van der Waals surface area contributed by atoms with E-state index in [9.17, 15) is 0 Å². The summed E-state index contributed by atoms with van der Waals surface area (Å²) in [6, 6.07) is 3.55. The molecule has 0 aliphatic rings. The molecule has 4 heteroatoms. The highest BCUT2D eigenvalue weighted by molar-refractivity contribution is 14.1. The van der Waals surface area contributed by atoms with E-state index in [0.717, 1.165) is 9.53 Å². The number of furan rings is 1. The lowest BCUT2D eigenvalue weighted by Crippen LogP contribution is -2.19. The maximum atomic E-state index is 5.59. The molecule has 4 N–H and O–H groups in total. The van der Waals surface area contributed by atoms with Crippen LogP contribution in [0.15, 0.2) is 16.5 Å². The first-order valence-corrected chi connectivity index (χ1v) is 4.03. The summed E-state index contributed by atoms with van der Waals surface area (Å²) in [5.41, 5.74) is 10.9. The van der Waals surface area contributed by atoms with Crippen molar-refractivity contribution >= 4 is 22.6 Å². The van der Waals surface area contributed by atoms with Gasteiger partial charge in [-0.1, -0.05) is 0 Å². The summed E-state index contributed by atoms with van der Waals surface area (Å²) in [5, 5.41) is 0. The highest BCUT2D eigenvalue weighted by atomic mass is 127. The van der Waals surface area contributed by atoms with Crippen LogP contribution in [0.2, 0.25) is 0 Å². The van der Waals surface area contributed by atoms with Gasteiger partial charge in [-0.25, -0.2) is 0 Å². The molecule has 3 nitrogen and oxygen atoms in total. The molecule has 1 heterocycles. The fraction of sp³-hybridized carbons (Fsp3) is 0.333. The topological polar surface area (TPSA) is 65.2 Å². The first-order valence-electron chi connectivity index (χ1n) is 2.95. The minimum Gasteiger partial charge on any atom is -0.454 e. The van der Waals surface area contributed by atoms with E-state index in [1.54, 1.807) is 0 Å². The Bertz CT molecular complexity index is 211. The molecular formula is C6H9IN2O. The predicted molar refractivity (Wildman–Crippen MR) is 47.4 cm³/mol. The van der Waals surface area contributed by atoms with Crippen molar-refractivity contribution in [2.75, 3.05) is 6.54 Å². The second-order valence-corrected chi connectivity index (χ2v) is 3.05. The van der Waals surface area contributed by atoms with E-state index in [1.165, 1.54) is 0 Å². The Morgan fingerprint density at radius 3 is 2.70 bits per heavy atom. The lowest BCUT2D eigenvalue weighted by atomic mass is 10.2. The normalized spacial score (nSPS) is 13.5. The van der Waals surface area contributed by atoms with Gasteiger partial charge in [0.1, 0.15) is 5.76 Å². The third-order valence-corrected chi connectivity index (χ3v) is 1.79. The van der Waals surface area contributed by atoms with Crippen LogP contribution >= 0.6 is 22.6 Å². The van der Waals surface area contributed by atoms with Gasteiger partial charge in [0, 0.05) is 6.54 Å². The van der Waals surface area contributed by atoms with E-state index < -0.39 is 0 Å². The highest BCUT2D eigenvalue weighted by Crippen LogP contribution is 2.14. The second kappa shape index (κ2) is 3.36. The largest absolute Gasteiger partial charge is 0.454 e. The van der Waals surface area contributed by atoms with E-state index in [1.807, 2.05) is 12.1 Å². The Labute approximate surface area is 72.9 Å². The summed E-state index contributed by atoms with van der Waals surface area (Å²) < 4.78 is 6.06. The summed E-state index contributed by atoms with van der Waals surface area (Å²) in [6.07, 6.45) is 0. The third kappa shape index (κ3) is 1.71. The van der Waals surface area contributed by atoms with Gasteiger partial charge in [0.2, 0.25) is 0 Å². The van der Waals surface area contributed by atoms with Crippen molar-refractivity contribution in [3.63, 3.8) is 0 Å². The van der Waals surface area contributed by atoms with Crippen molar-refractivity contribution in [1.29, 1.82) is 0 Å². The van der Waals surface area contributed by atoms with Crippen LogP contribution < -0.4 is 11.5 Å². The molecule has 1 atom stereocenters. The third-order valence-electron chi connectivity index (χ3n) is 1.21. The molecule has 0 spiro atoms. The summed E-state index contributed by atoms with van der Waals surface area (Å²) in [7, 11) is 0. The molecule has 0 amide bonds. The Morgan fingerprint density at radius 1 is 1.60 bits per heavy atom. The maximum Gasteiger partial charge on any atom is 0.164 e. The van der Waals surface area contributed by atoms with Crippen LogP contribution in [0.3, 0.4) is 0 Å². The fourth-order valence-electron chi connectivity index (χ4n) is 0.644. The number of halogens is 1. The van der Waals surface area contributed by atoms with Crippen LogP contribution in [0.25, 0.3) is 0 Å². The van der Waals surface area contributed by atoms with Crippen molar-refractivity contribution in [2.24, 2.45) is 11.5 Å². The molecule has 1 aromatic rings. The van der Waals surface area contributed by atoms with Gasteiger partial charge in [-0.3, -0.25) is 0 Å². The fourth-order valence-corrected chi connectivity index (χ4v) is 1.08. The van der Waals surface area contributed by atoms with Crippen molar-refractivity contribution in [3.05, 3.63) is 21.7 Å². The minimum absolute atomic E-state index is 0.163. The lowest BCUT2D eigenvalue weighted by molar-refractivity contribution is 0.450. The van der Waals surface area contributed by atoms with Gasteiger partial charge in [-0.15, -0.1) is 0 Å². The van der Waals surface area contributed by atoms with Crippen LogP contribution in [0.1, 0.15) is 11.8 Å². The van der Waals surface area contributed by atoms with Crippen LogP contribution in [0, 0.1) is 3.77 Å². The Morgan fingerprint density at radius 2 is 2.30 bits per heavy atom. The number of nitrogens with two attached hydrogens (primary N) is 2. The van der Waals surface area contributed by atoms with E-state index in [-0.39, 0.29) is 6.04 Å². The van der Waals surface area contributed by atoms with Gasteiger partial charge in [-0.2, -0.15) is 0 Å². The first kappa shape index (κ1) is 8.03. The quantitative estimate of drug-likeness (QED) is 0.766. The number of rotatable bonds is 2. The molecule has 1 unspecified atom stereocenters. The SMILES string of the molecule is NCC(N)c1ccc(I)o1. The van der Waals surface area contributed by atoms with E-state index in [0.29, 0.717) is 6.54 Å². The molecular weight excluding hydrogens is 243 g/mol. The average molecular weight is 252 g/mol. The van der Waals surface area contributed by atoms with Gasteiger partial charge in [0.15, 0.2) is 3.77 Å². The number of hydrogen-bond acceptors (Lipinski definition) is 3. The molecule has 0 saturated carbocycles. The van der Waals surface area contributed by atoms with Crippen molar-refractivity contribution in [2.45, 2.75) is 6.04 Å². The van der Waals surface area contributed by atoms with Gasteiger partial charge in [0.05, 0.1) is 6.04 Å². The summed E-state index contributed by atoms with van der Waals surface area (Å²) >= 11 is 2.09. The molecule has 0 aromatic carbocycles. The van der Waals surface area contributed by atoms with Crippen LogP contribution in [0.4, 0.5) is 0 Å². The number of hydrogen-bond donors (Lipinski definition) is 2. The highest BCUT2D eigenvalue weighted by Gasteiger charge is 2.06. The standard InChI is InChI=1S/C6H9IN2O/c7-6-2-1-5(10-6)4(9)3-8/h1-2,4H,3,8-9H2. The zero-order chi connectivity index (χ0) is 7.56. The molecule has 10 heavy (non-hydrogen) atoms. The smallest absolute Gasteiger partial charge is 0.164 e. The minimum atomic E-state index is -0.163. The summed E-state index contributed by atoms with van der Waals surface area (Å²) in [4.78, 5) is 0. The van der Waals surface area contributed by atoms with Crippen molar-refractivity contribution < 1.29 is 4.42 Å². The lowest BCUT2D eigenvalue weighted by Gasteiger charge is -2.02. The molecule has 1 rings (SSSR count). The summed E-state index contributed by atoms with van der Waals surface area (Å²) in [5.74, 6) is 0.756. The van der Waals surface area contributed by atoms with E-state index in [2.05, 4.69) is 22.6 Å². The zero-order valence-corrected chi connectivity index (χ0v) is 7.54. The van der Waals surface area contributed by atoms with E-state index >= 15 is 0 Å². The maximum absolute atomic E-state index is 5.59. The van der Waals surface area contributed by atoms with E-state index in [4.69, 9.17) is 15.9 Å². The molecule has 0 bridgehead atoms. The molecule has 0 aliphatic carbocycles. The molecule has 0 saturated heterocycles. The van der Waals surface area contributed by atoms with Gasteiger partial charge >= 0.3 is 0 Å². The Balaban J connectivity index is 2.74. The average Bonchev–Trinajstić information content (AvgIpc) is 2.34. The first-order chi connectivity index (χ1) is 4.74. The van der Waals surface area contributed by atoms with Crippen LogP contribution in [-0.4, -0.2) is 6.54 Å². The molecule has 0 fully saturated rings. The van der Waals surface area contributed by atoms with Crippen LogP contribution in [0.5, 0.6) is 0 Å². The van der Waals surface area contributed by atoms with Crippen LogP contribution in [-0.2, 0) is 0 Å².